The van der Waals surface area contributed by atoms with E-state index in [1.54, 1.807) is 36.4 Å². The quantitative estimate of drug-likeness (QED) is 0.0155. The second-order valence-electron chi connectivity index (χ2n) is 27.1. The van der Waals surface area contributed by atoms with Crippen LogP contribution in [0.3, 0.4) is 0 Å². The first-order valence-corrected chi connectivity index (χ1v) is 42.8. The van der Waals surface area contributed by atoms with Crippen molar-refractivity contribution >= 4 is 145 Å². The number of hydrogen-bond donors (Lipinski definition) is 9. The molecule has 0 spiro atoms. The number of fused-ring (bicyclic) bond motifs is 3. The number of rotatable bonds is 24. The van der Waals surface area contributed by atoms with E-state index in [1.807, 2.05) is 48.5 Å². The third-order valence-electron chi connectivity index (χ3n) is 19.7. The highest BCUT2D eigenvalue weighted by Crippen LogP contribution is 2.47. The van der Waals surface area contributed by atoms with E-state index < -0.39 is 90.9 Å². The van der Waals surface area contributed by atoms with Gasteiger partial charge >= 0.3 is 36.9 Å². The van der Waals surface area contributed by atoms with Crippen LogP contribution < -0.4 is 31.4 Å². The van der Waals surface area contributed by atoms with Gasteiger partial charge < -0.3 is 45.5 Å². The Morgan fingerprint density at radius 1 is 0.540 bits per heavy atom. The van der Waals surface area contributed by atoms with Gasteiger partial charge in [-0.05, 0) is 122 Å². The van der Waals surface area contributed by atoms with E-state index in [9.17, 15) is 59.8 Å². The zero-order chi connectivity index (χ0) is 80.2. The fourth-order valence-corrected chi connectivity index (χ4v) is 19.1. The summed E-state index contributed by atoms with van der Waals surface area (Å²) in [6.07, 6.45) is 7.80. The molecule has 594 valence electrons. The van der Waals surface area contributed by atoms with Crippen molar-refractivity contribution in [2.24, 2.45) is 33.2 Å². The Morgan fingerprint density at radius 3 is 1.56 bits per heavy atom. The monoisotopic (exact) mass is 1720 g/mol. The Labute approximate surface area is 674 Å². The fraction of sp³-hybridized carbons (Fsp3) is 0.347. The van der Waals surface area contributed by atoms with E-state index in [0.717, 1.165) is 62.6 Å². The normalized spacial score (nSPS) is 23.1. The average molecular weight is 1720 g/mol. The number of aromatic nitrogens is 6. The maximum Gasteiger partial charge on any atom is 0.339 e. The number of thiophene rings is 3. The lowest BCUT2D eigenvalue weighted by atomic mass is 9.93. The van der Waals surface area contributed by atoms with Gasteiger partial charge in [0.25, 0.3) is 0 Å². The lowest BCUT2D eigenvalue weighted by Gasteiger charge is -2.26. The second kappa shape index (κ2) is 35.4. The lowest BCUT2D eigenvalue weighted by molar-refractivity contribution is 0.0456. The number of aliphatic hydroxyl groups is 3. The largest absolute Gasteiger partial charge is 0.449 e. The van der Waals surface area contributed by atoms with Crippen LogP contribution in [0.4, 0.5) is 22.5 Å². The topological polar surface area (TPSA) is 483 Å². The number of carbonyl (C=O) groups excluding carboxylic acids is 4. The van der Waals surface area contributed by atoms with Gasteiger partial charge in [0.15, 0.2) is 6.10 Å². The summed E-state index contributed by atoms with van der Waals surface area (Å²) in [7, 11) is -12.3. The molecule has 32 nitrogen and oxygen atoms in total. The first kappa shape index (κ1) is 82.6. The Balaban J connectivity index is 0.000000148. The third kappa shape index (κ3) is 20.0. The molecule has 3 aliphatic heterocycles. The van der Waals surface area contributed by atoms with Crippen LogP contribution in [0.1, 0.15) is 157 Å². The lowest BCUT2D eigenvalue weighted by Crippen LogP contribution is -2.24. The zero-order valence-electron chi connectivity index (χ0n) is 59.0. The average Bonchev–Trinajstić information content (AvgIpc) is 1.64. The Bertz CT molecular complexity index is 5510. The van der Waals surface area contributed by atoms with Crippen molar-refractivity contribution in [3.8, 4) is 0 Å². The van der Waals surface area contributed by atoms with Crippen molar-refractivity contribution in [1.29, 1.82) is 0 Å². The number of benzene rings is 3. The van der Waals surface area contributed by atoms with E-state index in [-0.39, 0.29) is 94.0 Å². The van der Waals surface area contributed by atoms with Crippen LogP contribution >= 0.6 is 68.8 Å². The van der Waals surface area contributed by atoms with Crippen molar-refractivity contribution in [2.75, 3.05) is 49.0 Å². The number of ketones is 3. The zero-order valence-corrected chi connectivity index (χ0v) is 66.2. The third-order valence-corrected chi connectivity index (χ3v) is 25.2. The number of nitrogens with two attached hydrogens (primary N) is 3. The minimum atomic E-state index is -4.13. The van der Waals surface area contributed by atoms with Crippen molar-refractivity contribution in [3.05, 3.63) is 229 Å². The molecule has 3 aliphatic carbocycles. The van der Waals surface area contributed by atoms with Gasteiger partial charge in [0.2, 0.25) is 22.4 Å². The smallest absolute Gasteiger partial charge is 0.339 e. The number of carbonyl (C=O) groups is 4. The predicted molar refractivity (Wildman–Crippen MR) is 416 cm³/mol. The summed E-state index contributed by atoms with van der Waals surface area (Å²) < 4.78 is 98.4. The highest BCUT2D eigenvalue weighted by molar-refractivity contribution is 7.84. The highest BCUT2D eigenvalue weighted by atomic mass is 35.5. The molecule has 3 aromatic carbocycles. The molecule has 0 amide bonds. The molecule has 113 heavy (non-hydrogen) atoms. The van der Waals surface area contributed by atoms with E-state index in [2.05, 4.69) is 63.2 Å². The molecule has 9 aromatic rings. The first-order chi connectivity index (χ1) is 53.9. The number of ether oxygens (including phenoxy) is 3. The minimum absolute atomic E-state index is 0.169. The molecule has 3 unspecified atom stereocenters. The summed E-state index contributed by atoms with van der Waals surface area (Å²) in [4.78, 5) is 83.3. The van der Waals surface area contributed by atoms with Gasteiger partial charge in [0.1, 0.15) is 46.9 Å². The molecule has 15 rings (SSSR count). The highest BCUT2D eigenvalue weighted by Gasteiger charge is 2.41. The summed E-state index contributed by atoms with van der Waals surface area (Å²) in [5.41, 5.74) is 6.96. The summed E-state index contributed by atoms with van der Waals surface area (Å²) in [5, 5.41) is 56.7. The van der Waals surface area contributed by atoms with Crippen LogP contribution in [0, 0.1) is 24.3 Å². The van der Waals surface area contributed by atoms with Crippen LogP contribution in [-0.2, 0) is 70.5 Å². The van der Waals surface area contributed by atoms with Crippen LogP contribution in [-0.4, -0.2) is 163 Å². The number of cyclic esters (lactones) is 1. The number of esters is 1. The molecule has 0 radical (unpaired) electrons. The molecule has 3 fully saturated rings. The molecule has 41 heteroatoms. The molecule has 12 atom stereocenters. The van der Waals surface area contributed by atoms with E-state index in [0.29, 0.717) is 104 Å². The Hall–Kier alpha value is -8.35. The summed E-state index contributed by atoms with van der Waals surface area (Å²) in [6.45, 7) is 8.05. The van der Waals surface area contributed by atoms with Crippen LogP contribution in [0.5, 0.6) is 0 Å². The maximum atomic E-state index is 13.6. The number of aliphatic hydroxyl groups excluding tert-OH is 3. The maximum absolute atomic E-state index is 13.6. The van der Waals surface area contributed by atoms with Gasteiger partial charge in [-0.15, -0.1) is 34.0 Å². The van der Waals surface area contributed by atoms with Crippen molar-refractivity contribution in [3.63, 3.8) is 0 Å². The predicted octanol–water partition coefficient (Wildman–Crippen LogP) is 8.72. The molecule has 0 bridgehead atoms. The van der Waals surface area contributed by atoms with Crippen LogP contribution in [0.2, 0.25) is 14.4 Å². The van der Waals surface area contributed by atoms with Crippen molar-refractivity contribution in [2.45, 2.75) is 106 Å². The molecule has 6 aliphatic rings. The van der Waals surface area contributed by atoms with Gasteiger partial charge in [0.05, 0.1) is 101 Å². The Morgan fingerprint density at radius 2 is 1.03 bits per heavy atom. The number of nitrogens with zero attached hydrogens (tertiary/aromatic N) is 7. The van der Waals surface area contributed by atoms with E-state index in [1.165, 1.54) is 48.9 Å². The van der Waals surface area contributed by atoms with Gasteiger partial charge in [-0.1, -0.05) is 71.2 Å². The molecule has 6 aromatic heterocycles. The molecular weight excluding hydrogens is 1650 g/mol. The number of nitrogens with one attached hydrogen (secondary N) is 3. The molecule has 9 heterocycles. The van der Waals surface area contributed by atoms with Gasteiger partial charge in [-0.2, -0.15) is 25.3 Å². The van der Waals surface area contributed by atoms with E-state index in [4.69, 9.17) is 71.0 Å². The van der Waals surface area contributed by atoms with E-state index >= 15 is 0 Å². The first-order valence-electron chi connectivity index (χ1n) is 34.8. The second-order valence-corrected chi connectivity index (χ2v) is 35.5. The number of anilines is 3. The summed E-state index contributed by atoms with van der Waals surface area (Å²) >= 11 is 22.5. The molecular formula is C72H70Cl3N13O19S6. The fourth-order valence-electron chi connectivity index (χ4n) is 14.4. The van der Waals surface area contributed by atoms with Crippen LogP contribution in [0.25, 0.3) is 4.85 Å². The summed E-state index contributed by atoms with van der Waals surface area (Å²) in [6, 6.07) is 24.6. The van der Waals surface area contributed by atoms with Gasteiger partial charge in [0, 0.05) is 86.1 Å². The minimum Gasteiger partial charge on any atom is -0.449 e. The van der Waals surface area contributed by atoms with Gasteiger partial charge in [-0.3, -0.25) is 26.9 Å². The molecule has 0 saturated heterocycles. The SMILES string of the molecule is NS(=O)(=O)OC[C@H]1C[C@@H](Nc2ncncc2C(=O)c2cc(C3OC(=O)c4ccc(Cl)cc43)c(Cl)s2)C[C@@H]1O.NS(=O)(=O)OC[C@H]1C[C@@H](Nc2ncncc2C(=O)c2ccc(C3OCCc4c(Cl)cccc43)s2)C[C@@H]1O.[C-]#[N+]c1sc(C(=O)c2cncnc2N[C@@H]2C[C@H](COS(N)(=O)=O)[C@@H](O)C2)cc1C1OCCc2ccccc21. The van der Waals surface area contributed by atoms with Gasteiger partial charge in [-0.25, -0.2) is 55.0 Å². The van der Waals surface area contributed by atoms with Crippen molar-refractivity contribution in [1.82, 2.24) is 29.9 Å². The van der Waals surface area contributed by atoms with Crippen molar-refractivity contribution < 1.29 is 86.5 Å². The summed E-state index contributed by atoms with van der Waals surface area (Å²) in [5.74, 6) is -1.99. The molecule has 12 N–H and O–H groups in total. The number of hydrogen-bond acceptors (Lipinski definition) is 31. The standard InChI is InChI=1S/C25H25N5O6S2.C24H25ClN4O6S2.C23H20Cl2N4O7S2/c1-27-25-18(23-17-5-3-2-4-14(17)6-7-35-23)10-21(37-25)22(32)19-11-28-13-29-24(19)30-16-8-15(20(31)9-16)12-36-38(26,33)34;25-18-3-1-2-16-15(18)6-7-34-23(16)21-5-4-20(36-21)22(31)17-10-27-12-28-24(17)29-14-8-13(19(30)9-14)11-35-37(26,32)33;24-11-1-2-13-14(4-11)20(36-23(13)32)15-6-18(37-21(15)25)19(31)16-7-27-9-28-22(16)29-12-3-10(17(30)5-12)8-35-38(26,33)34/h2-5,10-11,13,15-16,20,23,31H,6-9,12H2,(H2,26,33,34)(H,28,29,30);1-5,10,12-14,19,23,30H,6-9,11H2,(H2,26,32,33)(H,27,28,29);1-2,4,6-7,9-10,12,17,20,30H,3,5,8H2,(H2,26,33,34)(H,27,28,29)/t15-,16-,20+,23?;13-,14-,19+,23?;10-,12-,17+,20?/m111/s1. The Kier molecular flexibility index (Phi) is 25.9. The number of halogens is 3. The molecule has 3 saturated carbocycles. The van der Waals surface area contributed by atoms with Crippen LogP contribution in [0.15, 0.2) is 123 Å².